The summed E-state index contributed by atoms with van der Waals surface area (Å²) in [6.07, 6.45) is 7.12. The summed E-state index contributed by atoms with van der Waals surface area (Å²) in [5.74, 6) is -0.0533. The zero-order valence-corrected chi connectivity index (χ0v) is 7.91. The molecule has 1 aliphatic rings. The van der Waals surface area contributed by atoms with Crippen molar-refractivity contribution in [1.82, 2.24) is 0 Å². The number of alkyl halides is 1. The van der Waals surface area contributed by atoms with Crippen LogP contribution in [0, 0.1) is 0 Å². The van der Waals surface area contributed by atoms with Gasteiger partial charge in [0, 0.05) is 11.1 Å². The van der Waals surface area contributed by atoms with Gasteiger partial charge in [-0.1, -0.05) is 24.3 Å². The number of rotatable bonds is 2. The highest BCUT2D eigenvalue weighted by molar-refractivity contribution is 6.23. The minimum atomic E-state index is -0.394. The fourth-order valence-electron chi connectivity index (χ4n) is 1.01. The van der Waals surface area contributed by atoms with Crippen molar-refractivity contribution in [1.29, 1.82) is 0 Å². The van der Waals surface area contributed by atoms with Gasteiger partial charge in [0.25, 0.3) is 0 Å². The van der Waals surface area contributed by atoms with E-state index < -0.39 is 5.38 Å². The monoisotopic (exact) mass is 196 g/mol. The van der Waals surface area contributed by atoms with E-state index in [0.29, 0.717) is 17.4 Å². The molecule has 1 atom stereocenters. The Morgan fingerprint density at radius 2 is 2.15 bits per heavy atom. The van der Waals surface area contributed by atoms with E-state index in [1.165, 1.54) is 6.92 Å². The average Bonchev–Trinajstić information content (AvgIpc) is 2.26. The fourth-order valence-corrected chi connectivity index (χ4v) is 1.30. The summed E-state index contributed by atoms with van der Waals surface area (Å²) in [4.78, 5) is 21.5. The number of hydrogen-bond donors (Lipinski definition) is 0. The number of ketones is 1. The highest BCUT2D eigenvalue weighted by atomic mass is 35.5. The van der Waals surface area contributed by atoms with Crippen molar-refractivity contribution in [3.8, 4) is 0 Å². The molecule has 0 bridgehead atoms. The van der Waals surface area contributed by atoms with Crippen molar-refractivity contribution in [2.24, 2.45) is 0 Å². The molecule has 0 radical (unpaired) electrons. The highest BCUT2D eigenvalue weighted by Gasteiger charge is 2.07. The molecule has 2 nitrogen and oxygen atoms in total. The number of halogens is 1. The van der Waals surface area contributed by atoms with Crippen molar-refractivity contribution in [3.63, 3.8) is 0 Å². The Hall–Kier alpha value is -1.15. The molecule has 0 saturated carbocycles. The smallest absolute Gasteiger partial charge is 0.159 e. The molecule has 0 saturated heterocycles. The molecule has 68 valence electrons. The Labute approximate surface area is 81.6 Å². The Morgan fingerprint density at radius 1 is 1.46 bits per heavy atom. The van der Waals surface area contributed by atoms with Gasteiger partial charge in [0.05, 0.1) is 5.38 Å². The molecule has 0 N–H and O–H groups in total. The number of carbonyl (C=O) groups excluding carboxylic acids is 2. The third-order valence-corrected chi connectivity index (χ3v) is 1.94. The molecule has 0 aliphatic heterocycles. The molecule has 0 heterocycles. The van der Waals surface area contributed by atoms with Gasteiger partial charge in [-0.2, -0.15) is 0 Å². The quantitative estimate of drug-likeness (QED) is 0.499. The van der Waals surface area contributed by atoms with Gasteiger partial charge in [0.1, 0.15) is 6.29 Å². The van der Waals surface area contributed by atoms with Gasteiger partial charge < -0.3 is 0 Å². The summed E-state index contributed by atoms with van der Waals surface area (Å²) < 4.78 is 0. The van der Waals surface area contributed by atoms with Gasteiger partial charge in [-0.05, 0) is 6.92 Å². The predicted octanol–water partition coefficient (Wildman–Crippen LogP) is 1.80. The Balaban J connectivity index is 2.98. The van der Waals surface area contributed by atoms with E-state index in [2.05, 4.69) is 0 Å². The maximum Gasteiger partial charge on any atom is 0.159 e. The average molecular weight is 197 g/mol. The van der Waals surface area contributed by atoms with Crippen LogP contribution < -0.4 is 0 Å². The van der Waals surface area contributed by atoms with Crippen LogP contribution in [0.25, 0.3) is 0 Å². The maximum absolute atomic E-state index is 11.0. The lowest BCUT2D eigenvalue weighted by molar-refractivity contribution is -0.113. The van der Waals surface area contributed by atoms with Crippen molar-refractivity contribution in [2.75, 3.05) is 0 Å². The van der Waals surface area contributed by atoms with Crippen LogP contribution in [0.5, 0.6) is 0 Å². The lowest BCUT2D eigenvalue weighted by Gasteiger charge is -1.96. The maximum atomic E-state index is 11.0. The molecule has 0 spiro atoms. The third-order valence-electron chi connectivity index (χ3n) is 1.69. The van der Waals surface area contributed by atoms with E-state index in [0.717, 1.165) is 0 Å². The van der Waals surface area contributed by atoms with E-state index in [4.69, 9.17) is 11.6 Å². The minimum absolute atomic E-state index is 0.0533. The van der Waals surface area contributed by atoms with Crippen molar-refractivity contribution in [2.45, 2.75) is 12.3 Å². The number of aldehydes is 1. The number of Topliss-reactive ketones (excluding diaryl/α,β-unsaturated/α-hetero) is 1. The van der Waals surface area contributed by atoms with Gasteiger partial charge in [-0.15, -0.1) is 11.6 Å². The summed E-state index contributed by atoms with van der Waals surface area (Å²) in [7, 11) is 0. The first kappa shape index (κ1) is 9.93. The highest BCUT2D eigenvalue weighted by Crippen LogP contribution is 2.14. The fraction of sp³-hybridized carbons (Fsp3) is 0.200. The van der Waals surface area contributed by atoms with Crippen LogP contribution in [0.2, 0.25) is 0 Å². The molecule has 0 aromatic rings. The first-order chi connectivity index (χ1) is 6.13. The molecule has 0 aromatic heterocycles. The number of hydrogen-bond acceptors (Lipinski definition) is 2. The van der Waals surface area contributed by atoms with Crippen LogP contribution in [-0.4, -0.2) is 17.4 Å². The van der Waals surface area contributed by atoms with Gasteiger partial charge >= 0.3 is 0 Å². The van der Waals surface area contributed by atoms with Gasteiger partial charge in [0.2, 0.25) is 0 Å². The van der Waals surface area contributed by atoms with E-state index in [1.807, 2.05) is 0 Å². The third kappa shape index (κ3) is 2.67. The van der Waals surface area contributed by atoms with Crippen LogP contribution in [0.1, 0.15) is 6.92 Å². The zero-order chi connectivity index (χ0) is 9.84. The summed E-state index contributed by atoms with van der Waals surface area (Å²) in [6, 6.07) is 0. The lowest BCUT2D eigenvalue weighted by Crippen LogP contribution is -1.96. The Bertz CT molecular complexity index is 324. The zero-order valence-electron chi connectivity index (χ0n) is 7.16. The van der Waals surface area contributed by atoms with Crippen molar-refractivity contribution >= 4 is 23.7 Å². The van der Waals surface area contributed by atoms with Gasteiger partial charge in [0.15, 0.2) is 5.78 Å². The molecule has 13 heavy (non-hydrogen) atoms. The molecule has 3 heteroatoms. The van der Waals surface area contributed by atoms with Crippen LogP contribution in [0.3, 0.4) is 0 Å². The van der Waals surface area contributed by atoms with E-state index in [9.17, 15) is 9.59 Å². The van der Waals surface area contributed by atoms with Crippen LogP contribution >= 0.6 is 11.6 Å². The Kier molecular flexibility index (Phi) is 3.20. The summed E-state index contributed by atoms with van der Waals surface area (Å²) in [5, 5.41) is -0.394. The second-order valence-electron chi connectivity index (χ2n) is 2.74. The molecular formula is C10H9ClO2. The van der Waals surface area contributed by atoms with Crippen LogP contribution in [-0.2, 0) is 9.59 Å². The van der Waals surface area contributed by atoms with Gasteiger partial charge in [-0.25, -0.2) is 0 Å². The topological polar surface area (TPSA) is 34.1 Å². The SMILES string of the molecule is CC(=O)C1=CC(Cl)C=C(C=O)C=C1. The molecular weight excluding hydrogens is 188 g/mol. The first-order valence-electron chi connectivity index (χ1n) is 3.85. The largest absolute Gasteiger partial charge is 0.298 e. The standard InChI is InChI=1S/C10H9ClO2/c1-7(13)9-3-2-8(6-12)4-10(11)5-9/h2-6,10H,1H3. The summed E-state index contributed by atoms with van der Waals surface area (Å²) in [6.45, 7) is 1.46. The van der Waals surface area contributed by atoms with E-state index in [1.54, 1.807) is 24.3 Å². The predicted molar refractivity (Wildman–Crippen MR) is 51.7 cm³/mol. The molecule has 1 rings (SSSR count). The summed E-state index contributed by atoms with van der Waals surface area (Å²) >= 11 is 5.83. The minimum Gasteiger partial charge on any atom is -0.298 e. The molecule has 1 aliphatic carbocycles. The normalized spacial score (nSPS) is 21.5. The second kappa shape index (κ2) is 4.19. The Morgan fingerprint density at radius 3 is 2.69 bits per heavy atom. The van der Waals surface area contributed by atoms with Crippen LogP contribution in [0.15, 0.2) is 35.5 Å². The lowest BCUT2D eigenvalue weighted by atomic mass is 10.1. The molecule has 0 amide bonds. The number of carbonyl (C=O) groups is 2. The first-order valence-corrected chi connectivity index (χ1v) is 4.29. The van der Waals surface area contributed by atoms with Crippen molar-refractivity contribution in [3.05, 3.63) is 35.5 Å². The molecule has 0 aromatic carbocycles. The number of allylic oxidation sites excluding steroid dienone is 6. The van der Waals surface area contributed by atoms with Crippen molar-refractivity contribution < 1.29 is 9.59 Å². The van der Waals surface area contributed by atoms with E-state index in [-0.39, 0.29) is 5.78 Å². The summed E-state index contributed by atoms with van der Waals surface area (Å²) in [5.41, 5.74) is 1.03. The van der Waals surface area contributed by atoms with Crippen LogP contribution in [0.4, 0.5) is 0 Å². The molecule has 0 fully saturated rings. The van der Waals surface area contributed by atoms with Gasteiger partial charge in [-0.3, -0.25) is 9.59 Å². The second-order valence-corrected chi connectivity index (χ2v) is 3.24. The van der Waals surface area contributed by atoms with E-state index >= 15 is 0 Å². The molecule has 1 unspecified atom stereocenters.